The average molecular weight is 334 g/mol. The molecule has 4 nitrogen and oxygen atoms in total. The molecule has 0 bridgehead atoms. The first-order chi connectivity index (χ1) is 8.28. The Labute approximate surface area is 116 Å². The third-order valence-corrected chi connectivity index (χ3v) is 4.28. The van der Waals surface area contributed by atoms with Crippen molar-refractivity contribution in [3.8, 4) is 0 Å². The lowest BCUT2D eigenvalue weighted by atomic mass is 10.2. The third-order valence-electron chi connectivity index (χ3n) is 2.36. The Bertz CT molecular complexity index is 540. The molecule has 0 atom stereocenters. The summed E-state index contributed by atoms with van der Waals surface area (Å²) < 4.78 is 22.8. The van der Waals surface area contributed by atoms with Crippen LogP contribution in [0.1, 0.15) is 18.4 Å². The van der Waals surface area contributed by atoms with E-state index in [4.69, 9.17) is 0 Å². The van der Waals surface area contributed by atoms with Crippen molar-refractivity contribution in [3.05, 3.63) is 28.2 Å². The zero-order chi connectivity index (χ0) is 13.8. The quantitative estimate of drug-likeness (QED) is 0.900. The Morgan fingerprint density at radius 3 is 2.61 bits per heavy atom. The SMILES string of the molecule is Cc1cc(NC(=O)CCCS(C)(=O)=O)ccc1Br. The number of amides is 1. The molecule has 100 valence electrons. The second-order valence-corrected chi connectivity index (χ2v) is 7.36. The van der Waals surface area contributed by atoms with Gasteiger partial charge >= 0.3 is 0 Å². The van der Waals surface area contributed by atoms with Crippen LogP contribution in [0.15, 0.2) is 22.7 Å². The van der Waals surface area contributed by atoms with Crippen molar-refractivity contribution < 1.29 is 13.2 Å². The number of carbonyl (C=O) groups is 1. The van der Waals surface area contributed by atoms with Crippen molar-refractivity contribution in [2.45, 2.75) is 19.8 Å². The summed E-state index contributed by atoms with van der Waals surface area (Å²) in [7, 11) is -2.99. The van der Waals surface area contributed by atoms with Gasteiger partial charge < -0.3 is 5.32 Å². The Hall–Kier alpha value is -0.880. The Balaban J connectivity index is 2.47. The minimum Gasteiger partial charge on any atom is -0.326 e. The normalized spacial score (nSPS) is 11.3. The molecule has 1 N–H and O–H groups in total. The molecule has 1 aromatic carbocycles. The average Bonchev–Trinajstić information content (AvgIpc) is 2.21. The summed E-state index contributed by atoms with van der Waals surface area (Å²) >= 11 is 3.38. The maximum absolute atomic E-state index is 11.6. The van der Waals surface area contributed by atoms with Crippen LogP contribution in [0.4, 0.5) is 5.69 Å². The van der Waals surface area contributed by atoms with Gasteiger partial charge in [0.25, 0.3) is 0 Å². The topological polar surface area (TPSA) is 63.2 Å². The monoisotopic (exact) mass is 333 g/mol. The number of rotatable bonds is 5. The van der Waals surface area contributed by atoms with Crippen LogP contribution in [0, 0.1) is 6.92 Å². The second-order valence-electron chi connectivity index (χ2n) is 4.25. The van der Waals surface area contributed by atoms with E-state index in [-0.39, 0.29) is 18.1 Å². The van der Waals surface area contributed by atoms with Crippen molar-refractivity contribution in [2.24, 2.45) is 0 Å². The largest absolute Gasteiger partial charge is 0.326 e. The minimum atomic E-state index is -2.99. The molecule has 0 aliphatic carbocycles. The lowest BCUT2D eigenvalue weighted by molar-refractivity contribution is -0.116. The van der Waals surface area contributed by atoms with Crippen LogP contribution in [0.3, 0.4) is 0 Å². The van der Waals surface area contributed by atoms with Gasteiger partial charge in [-0.05, 0) is 37.1 Å². The van der Waals surface area contributed by atoms with Gasteiger partial charge in [0.15, 0.2) is 0 Å². The number of anilines is 1. The second kappa shape index (κ2) is 6.33. The summed E-state index contributed by atoms with van der Waals surface area (Å²) in [5.74, 6) is -0.125. The van der Waals surface area contributed by atoms with Gasteiger partial charge in [0, 0.05) is 22.8 Å². The standard InChI is InChI=1S/C12H16BrNO3S/c1-9-8-10(5-6-11(9)13)14-12(15)4-3-7-18(2,16)17/h5-6,8H,3-4,7H2,1-2H3,(H,14,15). The number of carbonyl (C=O) groups excluding carboxylic acids is 1. The van der Waals surface area contributed by atoms with Crippen molar-refractivity contribution in [1.29, 1.82) is 0 Å². The Morgan fingerprint density at radius 1 is 1.39 bits per heavy atom. The number of sulfone groups is 1. The molecule has 0 saturated heterocycles. The molecule has 1 aromatic rings. The van der Waals surface area contributed by atoms with Crippen molar-refractivity contribution >= 4 is 37.4 Å². The number of hydrogen-bond donors (Lipinski definition) is 1. The van der Waals surface area contributed by atoms with E-state index in [2.05, 4.69) is 21.2 Å². The summed E-state index contributed by atoms with van der Waals surface area (Å²) in [5.41, 5.74) is 1.75. The molecule has 1 rings (SSSR count). The van der Waals surface area contributed by atoms with Crippen LogP contribution in [0.2, 0.25) is 0 Å². The smallest absolute Gasteiger partial charge is 0.224 e. The maximum Gasteiger partial charge on any atom is 0.224 e. The zero-order valence-electron chi connectivity index (χ0n) is 10.4. The molecule has 6 heteroatoms. The van der Waals surface area contributed by atoms with Crippen LogP contribution in [0.5, 0.6) is 0 Å². The molecule has 0 aliphatic heterocycles. The molecule has 0 aliphatic rings. The predicted molar refractivity (Wildman–Crippen MR) is 76.5 cm³/mol. The fraction of sp³-hybridized carbons (Fsp3) is 0.417. The molecule has 0 aromatic heterocycles. The zero-order valence-corrected chi connectivity index (χ0v) is 12.8. The molecule has 0 spiro atoms. The molecule has 1 amide bonds. The van der Waals surface area contributed by atoms with Crippen molar-refractivity contribution in [3.63, 3.8) is 0 Å². The molecule has 18 heavy (non-hydrogen) atoms. The fourth-order valence-corrected chi connectivity index (χ4v) is 2.36. The van der Waals surface area contributed by atoms with E-state index >= 15 is 0 Å². The van der Waals surface area contributed by atoms with Crippen LogP contribution < -0.4 is 5.32 Å². The van der Waals surface area contributed by atoms with Crippen molar-refractivity contribution in [1.82, 2.24) is 0 Å². The minimum absolute atomic E-state index is 0.0415. The van der Waals surface area contributed by atoms with E-state index in [1.807, 2.05) is 19.1 Å². The highest BCUT2D eigenvalue weighted by Gasteiger charge is 2.07. The van der Waals surface area contributed by atoms with Gasteiger partial charge in [-0.2, -0.15) is 0 Å². The summed E-state index contributed by atoms with van der Waals surface area (Å²) in [5, 5.41) is 2.74. The Morgan fingerprint density at radius 2 is 2.06 bits per heavy atom. The molecule has 0 unspecified atom stereocenters. The van der Waals surface area contributed by atoms with Gasteiger partial charge in [0.1, 0.15) is 9.84 Å². The van der Waals surface area contributed by atoms with Gasteiger partial charge in [0.2, 0.25) is 5.91 Å². The van der Waals surface area contributed by atoms with E-state index in [1.54, 1.807) is 6.07 Å². The van der Waals surface area contributed by atoms with E-state index in [9.17, 15) is 13.2 Å². The van der Waals surface area contributed by atoms with Crippen LogP contribution in [0.25, 0.3) is 0 Å². The van der Waals surface area contributed by atoms with Crippen LogP contribution in [-0.4, -0.2) is 26.3 Å². The molecule has 0 heterocycles. The molecule has 0 saturated carbocycles. The van der Waals surface area contributed by atoms with E-state index < -0.39 is 9.84 Å². The molecular formula is C12H16BrNO3S. The van der Waals surface area contributed by atoms with Crippen LogP contribution >= 0.6 is 15.9 Å². The number of halogens is 1. The van der Waals surface area contributed by atoms with Gasteiger partial charge in [-0.25, -0.2) is 8.42 Å². The maximum atomic E-state index is 11.6. The van der Waals surface area contributed by atoms with Gasteiger partial charge in [0.05, 0.1) is 5.75 Å². The predicted octanol–water partition coefficient (Wildman–Crippen LogP) is 2.52. The van der Waals surface area contributed by atoms with Gasteiger partial charge in [-0.1, -0.05) is 15.9 Å². The fourth-order valence-electron chi connectivity index (χ4n) is 1.44. The molecule has 0 fully saturated rings. The molecule has 0 radical (unpaired) electrons. The summed E-state index contributed by atoms with van der Waals surface area (Å²) in [6, 6.07) is 5.52. The van der Waals surface area contributed by atoms with Gasteiger partial charge in [-0.3, -0.25) is 4.79 Å². The number of hydrogen-bond acceptors (Lipinski definition) is 3. The van der Waals surface area contributed by atoms with E-state index in [1.165, 1.54) is 6.26 Å². The summed E-state index contributed by atoms with van der Waals surface area (Å²) in [6.45, 7) is 1.93. The number of aryl methyl sites for hydroxylation is 1. The molecular weight excluding hydrogens is 318 g/mol. The summed E-state index contributed by atoms with van der Waals surface area (Å²) in [6.07, 6.45) is 1.73. The van der Waals surface area contributed by atoms with E-state index in [0.29, 0.717) is 6.42 Å². The van der Waals surface area contributed by atoms with Gasteiger partial charge in [-0.15, -0.1) is 0 Å². The third kappa shape index (κ3) is 5.64. The lowest BCUT2D eigenvalue weighted by Gasteiger charge is -2.06. The van der Waals surface area contributed by atoms with Crippen molar-refractivity contribution in [2.75, 3.05) is 17.3 Å². The summed E-state index contributed by atoms with van der Waals surface area (Å²) in [4.78, 5) is 11.6. The highest BCUT2D eigenvalue weighted by molar-refractivity contribution is 9.10. The highest BCUT2D eigenvalue weighted by Crippen LogP contribution is 2.20. The van der Waals surface area contributed by atoms with E-state index in [0.717, 1.165) is 15.7 Å². The van der Waals surface area contributed by atoms with Crippen LogP contribution in [-0.2, 0) is 14.6 Å². The first kappa shape index (κ1) is 15.2. The number of nitrogens with one attached hydrogen (secondary N) is 1. The Kier molecular flexibility index (Phi) is 5.34. The first-order valence-corrected chi connectivity index (χ1v) is 8.37. The first-order valence-electron chi connectivity index (χ1n) is 5.51. The lowest BCUT2D eigenvalue weighted by Crippen LogP contribution is -2.13. The number of benzene rings is 1. The highest BCUT2D eigenvalue weighted by atomic mass is 79.9.